The molecular weight excluding hydrogens is 318 g/mol. The van der Waals surface area contributed by atoms with E-state index in [2.05, 4.69) is 5.32 Å². The lowest BCUT2D eigenvalue weighted by Gasteiger charge is -2.20. The summed E-state index contributed by atoms with van der Waals surface area (Å²) >= 11 is 0. The van der Waals surface area contributed by atoms with Crippen molar-refractivity contribution in [3.05, 3.63) is 30.3 Å². The van der Waals surface area contributed by atoms with E-state index in [1.807, 2.05) is 6.07 Å². The van der Waals surface area contributed by atoms with E-state index in [-0.39, 0.29) is 12.2 Å². The third-order valence-electron chi connectivity index (χ3n) is 3.10. The number of alkyl carbamates (subject to hydrolysis) is 1. The fourth-order valence-electron chi connectivity index (χ4n) is 2.16. The highest BCUT2D eigenvalue weighted by Crippen LogP contribution is 2.19. The third-order valence-corrected chi connectivity index (χ3v) is 4.57. The van der Waals surface area contributed by atoms with Gasteiger partial charge in [0.25, 0.3) is 0 Å². The average molecular weight is 339 g/mol. The zero-order chi connectivity index (χ0) is 17.0. The van der Waals surface area contributed by atoms with E-state index in [1.165, 1.54) is 0 Å². The summed E-state index contributed by atoms with van der Waals surface area (Å²) in [6, 6.07) is 8.23. The second kappa shape index (κ2) is 7.12. The number of carbonyl (C=O) groups excluding carboxylic acids is 2. The van der Waals surface area contributed by atoms with Gasteiger partial charge in [-0.25, -0.2) is 9.59 Å². The number of ether oxygens (including phenoxy) is 2. The van der Waals surface area contributed by atoms with Crippen LogP contribution in [0.1, 0.15) is 27.2 Å². The predicted octanol–water partition coefficient (Wildman–Crippen LogP) is 2.00. The minimum Gasteiger partial charge on any atom is -0.460 e. The number of hydrogen-bond acceptors (Lipinski definition) is 5. The molecule has 1 fully saturated rings. The van der Waals surface area contributed by atoms with Gasteiger partial charge in [-0.2, -0.15) is 0 Å². The largest absolute Gasteiger partial charge is 0.460 e. The molecule has 0 saturated carbocycles. The summed E-state index contributed by atoms with van der Waals surface area (Å²) < 4.78 is 22.5. The number of cyclic esters (lactones) is 1. The van der Waals surface area contributed by atoms with Crippen molar-refractivity contribution in [2.24, 2.45) is 0 Å². The van der Waals surface area contributed by atoms with Crippen LogP contribution >= 0.6 is 0 Å². The summed E-state index contributed by atoms with van der Waals surface area (Å²) in [5.41, 5.74) is -0.638. The first-order chi connectivity index (χ1) is 10.7. The Kier molecular flexibility index (Phi) is 5.41. The Morgan fingerprint density at radius 1 is 1.35 bits per heavy atom. The van der Waals surface area contributed by atoms with Crippen LogP contribution < -0.4 is 5.32 Å². The molecule has 1 aromatic rings. The lowest BCUT2D eigenvalue weighted by molar-refractivity contribution is -0.142. The zero-order valence-electron chi connectivity index (χ0n) is 13.4. The second-order valence-electron chi connectivity index (χ2n) is 6.32. The standard InChI is InChI=1S/C16H21NO5S/c1-16(2,3)22-15(19)17-13-9-11(21-14(13)18)10-23(20)12-7-5-4-6-8-12/h4-8,11,13H,9-10H2,1-3H3,(H,17,19)/t11-,13-,23+/m0/s1. The molecule has 1 aliphatic heterocycles. The Morgan fingerprint density at radius 2 is 2.00 bits per heavy atom. The van der Waals surface area contributed by atoms with Gasteiger partial charge < -0.3 is 14.8 Å². The van der Waals surface area contributed by atoms with Crippen molar-refractivity contribution in [3.63, 3.8) is 0 Å². The molecule has 0 aromatic heterocycles. The molecule has 126 valence electrons. The van der Waals surface area contributed by atoms with Gasteiger partial charge in [-0.15, -0.1) is 0 Å². The molecule has 0 spiro atoms. The number of esters is 1. The Hall–Kier alpha value is -1.89. The SMILES string of the molecule is CC(C)(C)OC(=O)N[C@H]1C[C@@H](C[S@@](=O)c2ccccc2)OC1=O. The number of hydrogen-bond donors (Lipinski definition) is 1. The van der Waals surface area contributed by atoms with Crippen LogP contribution in [0.2, 0.25) is 0 Å². The zero-order valence-corrected chi connectivity index (χ0v) is 14.2. The Bertz CT molecular complexity index is 596. The second-order valence-corrected chi connectivity index (χ2v) is 7.81. The summed E-state index contributed by atoms with van der Waals surface area (Å²) in [4.78, 5) is 24.2. The average Bonchev–Trinajstić information content (AvgIpc) is 2.77. The van der Waals surface area contributed by atoms with E-state index in [4.69, 9.17) is 9.47 Å². The molecule has 1 amide bonds. The van der Waals surface area contributed by atoms with Gasteiger partial charge in [0.2, 0.25) is 0 Å². The lowest BCUT2D eigenvalue weighted by atomic mass is 10.2. The fraction of sp³-hybridized carbons (Fsp3) is 0.500. The van der Waals surface area contributed by atoms with Crippen LogP contribution in [0.15, 0.2) is 35.2 Å². The molecule has 0 unspecified atom stereocenters. The molecule has 1 aromatic carbocycles. The molecule has 0 radical (unpaired) electrons. The topological polar surface area (TPSA) is 81.7 Å². The minimum atomic E-state index is -1.25. The Labute approximate surface area is 138 Å². The quantitative estimate of drug-likeness (QED) is 0.849. The van der Waals surface area contributed by atoms with E-state index < -0.39 is 40.6 Å². The van der Waals surface area contributed by atoms with Crippen molar-refractivity contribution in [2.75, 3.05) is 5.75 Å². The van der Waals surface area contributed by atoms with Crippen LogP contribution in [0.4, 0.5) is 4.79 Å². The van der Waals surface area contributed by atoms with Crippen LogP contribution in [-0.4, -0.2) is 39.8 Å². The summed E-state index contributed by atoms with van der Waals surface area (Å²) in [7, 11) is -1.25. The van der Waals surface area contributed by atoms with Crippen molar-refractivity contribution < 1.29 is 23.3 Å². The molecular formula is C16H21NO5S. The Morgan fingerprint density at radius 3 is 2.61 bits per heavy atom. The summed E-state index contributed by atoms with van der Waals surface area (Å²) in [6.45, 7) is 5.22. The normalized spacial score (nSPS) is 22.3. The maximum Gasteiger partial charge on any atom is 0.408 e. The fourth-order valence-corrected chi connectivity index (χ4v) is 3.36. The van der Waals surface area contributed by atoms with Gasteiger partial charge in [-0.3, -0.25) is 4.21 Å². The van der Waals surface area contributed by atoms with Gasteiger partial charge in [-0.1, -0.05) is 18.2 Å². The van der Waals surface area contributed by atoms with Crippen LogP contribution in [-0.2, 0) is 25.1 Å². The van der Waals surface area contributed by atoms with Gasteiger partial charge in [-0.05, 0) is 32.9 Å². The first-order valence-corrected chi connectivity index (χ1v) is 8.70. The van der Waals surface area contributed by atoms with Gasteiger partial charge in [0.1, 0.15) is 17.7 Å². The minimum absolute atomic E-state index is 0.211. The molecule has 0 bridgehead atoms. The van der Waals surface area contributed by atoms with Gasteiger partial charge in [0, 0.05) is 11.3 Å². The smallest absolute Gasteiger partial charge is 0.408 e. The molecule has 1 heterocycles. The van der Waals surface area contributed by atoms with Crippen molar-refractivity contribution >= 4 is 22.9 Å². The van der Waals surface area contributed by atoms with Crippen molar-refractivity contribution in [2.45, 2.75) is 49.8 Å². The molecule has 1 N–H and O–H groups in total. The summed E-state index contributed by atoms with van der Waals surface area (Å²) in [5.74, 6) is -0.312. The maximum absolute atomic E-state index is 12.2. The van der Waals surface area contributed by atoms with Gasteiger partial charge in [0.15, 0.2) is 0 Å². The predicted molar refractivity (Wildman–Crippen MR) is 85.4 cm³/mol. The van der Waals surface area contributed by atoms with E-state index >= 15 is 0 Å². The lowest BCUT2D eigenvalue weighted by Crippen LogP contribution is -2.41. The molecule has 1 aliphatic rings. The van der Waals surface area contributed by atoms with Crippen molar-refractivity contribution in [1.29, 1.82) is 0 Å². The monoisotopic (exact) mass is 339 g/mol. The molecule has 2 rings (SSSR count). The number of rotatable bonds is 4. The molecule has 1 saturated heterocycles. The number of carbonyl (C=O) groups is 2. The highest BCUT2D eigenvalue weighted by Gasteiger charge is 2.37. The van der Waals surface area contributed by atoms with Gasteiger partial charge in [0.05, 0.1) is 16.6 Å². The molecule has 23 heavy (non-hydrogen) atoms. The van der Waals surface area contributed by atoms with E-state index in [1.54, 1.807) is 45.0 Å². The highest BCUT2D eigenvalue weighted by molar-refractivity contribution is 7.85. The first-order valence-electron chi connectivity index (χ1n) is 7.38. The third kappa shape index (κ3) is 5.35. The number of benzene rings is 1. The molecule has 7 heteroatoms. The van der Waals surface area contributed by atoms with Crippen LogP contribution in [0.25, 0.3) is 0 Å². The molecule has 6 nitrogen and oxygen atoms in total. The van der Waals surface area contributed by atoms with E-state index in [0.29, 0.717) is 4.90 Å². The summed E-state index contributed by atoms with van der Waals surface area (Å²) in [6.07, 6.45) is -0.857. The van der Waals surface area contributed by atoms with Crippen LogP contribution in [0.3, 0.4) is 0 Å². The number of amides is 1. The Balaban J connectivity index is 1.87. The van der Waals surface area contributed by atoms with Crippen molar-refractivity contribution in [3.8, 4) is 0 Å². The van der Waals surface area contributed by atoms with Crippen LogP contribution in [0.5, 0.6) is 0 Å². The van der Waals surface area contributed by atoms with Gasteiger partial charge >= 0.3 is 12.1 Å². The van der Waals surface area contributed by atoms with E-state index in [0.717, 1.165) is 0 Å². The maximum atomic E-state index is 12.2. The first kappa shape index (κ1) is 17.5. The number of nitrogens with one attached hydrogen (secondary N) is 1. The van der Waals surface area contributed by atoms with E-state index in [9.17, 15) is 13.8 Å². The van der Waals surface area contributed by atoms with Crippen molar-refractivity contribution in [1.82, 2.24) is 5.32 Å². The molecule has 3 atom stereocenters. The highest BCUT2D eigenvalue weighted by atomic mass is 32.2. The summed E-state index contributed by atoms with van der Waals surface area (Å²) in [5, 5.41) is 2.49. The van der Waals surface area contributed by atoms with Crippen LogP contribution in [0, 0.1) is 0 Å². The molecule has 0 aliphatic carbocycles.